The largest absolute Gasteiger partial charge is 0.478 e. The van der Waals surface area contributed by atoms with Gasteiger partial charge in [0.1, 0.15) is 5.82 Å². The number of carboxylic acids is 1. The zero-order valence-electron chi connectivity index (χ0n) is 10.8. The molecule has 1 aromatic rings. The van der Waals surface area contributed by atoms with Gasteiger partial charge in [-0.05, 0) is 24.5 Å². The van der Waals surface area contributed by atoms with E-state index in [0.717, 1.165) is 10.4 Å². The first-order valence-corrected chi connectivity index (χ1v) is 7.92. The smallest absolute Gasteiger partial charge is 0.337 e. The van der Waals surface area contributed by atoms with Crippen LogP contribution in [0, 0.1) is 11.7 Å². The zero-order valence-corrected chi connectivity index (χ0v) is 12.4. The molecule has 1 aromatic carbocycles. The van der Waals surface area contributed by atoms with Crippen molar-refractivity contribution in [1.29, 1.82) is 0 Å². The summed E-state index contributed by atoms with van der Waals surface area (Å²) in [6.07, 6.45) is 0.498. The lowest BCUT2D eigenvalue weighted by atomic mass is 10.1. The quantitative estimate of drug-likeness (QED) is 0.860. The number of hydrogen-bond donors (Lipinski definition) is 2. The van der Waals surface area contributed by atoms with Crippen LogP contribution in [0.25, 0.3) is 0 Å². The van der Waals surface area contributed by atoms with Crippen molar-refractivity contribution in [3.05, 3.63) is 28.5 Å². The Labute approximate surface area is 125 Å². The molecular formula is C12H13ClFNO5S. The minimum atomic E-state index is -4.02. The fourth-order valence-electron chi connectivity index (χ4n) is 2.18. The predicted octanol–water partition coefficient (Wildman–Crippen LogP) is 1.18. The number of carbonyl (C=O) groups is 1. The molecule has 1 aliphatic heterocycles. The highest BCUT2D eigenvalue weighted by molar-refractivity contribution is 7.89. The van der Waals surface area contributed by atoms with Gasteiger partial charge in [-0.2, -0.15) is 4.31 Å². The molecule has 0 radical (unpaired) electrons. The maximum atomic E-state index is 13.6. The maximum absolute atomic E-state index is 13.6. The normalized spacial score (nSPS) is 19.9. The van der Waals surface area contributed by atoms with Gasteiger partial charge >= 0.3 is 5.97 Å². The SMILES string of the molecule is O=C(O)c1cc(S(=O)(=O)N2CCC(CO)C2)cc(F)c1Cl. The fourth-order valence-corrected chi connectivity index (χ4v) is 3.94. The van der Waals surface area contributed by atoms with E-state index < -0.39 is 37.3 Å². The number of carboxylic acid groups (broad SMARTS) is 1. The Morgan fingerprint density at radius 2 is 2.14 bits per heavy atom. The fraction of sp³-hybridized carbons (Fsp3) is 0.417. The maximum Gasteiger partial charge on any atom is 0.337 e. The average Bonchev–Trinajstić information content (AvgIpc) is 2.90. The van der Waals surface area contributed by atoms with Crippen LogP contribution in [-0.4, -0.2) is 48.6 Å². The van der Waals surface area contributed by atoms with Crippen LogP contribution in [0.1, 0.15) is 16.8 Å². The van der Waals surface area contributed by atoms with Crippen LogP contribution in [0.2, 0.25) is 5.02 Å². The van der Waals surface area contributed by atoms with Gasteiger partial charge in [0.25, 0.3) is 0 Å². The highest BCUT2D eigenvalue weighted by Gasteiger charge is 2.33. The molecule has 1 heterocycles. The second-order valence-corrected chi connectivity index (χ2v) is 7.09. The minimum Gasteiger partial charge on any atom is -0.478 e. The second kappa shape index (κ2) is 5.88. The summed E-state index contributed by atoms with van der Waals surface area (Å²) in [7, 11) is -4.02. The van der Waals surface area contributed by atoms with Crippen LogP contribution in [0.3, 0.4) is 0 Å². The number of benzene rings is 1. The van der Waals surface area contributed by atoms with Crippen LogP contribution in [0.5, 0.6) is 0 Å². The Morgan fingerprint density at radius 1 is 1.48 bits per heavy atom. The van der Waals surface area contributed by atoms with E-state index in [1.807, 2.05) is 0 Å². The van der Waals surface area contributed by atoms with Crippen LogP contribution in [0.4, 0.5) is 4.39 Å². The van der Waals surface area contributed by atoms with Gasteiger partial charge in [-0.3, -0.25) is 0 Å². The molecule has 1 saturated heterocycles. The van der Waals surface area contributed by atoms with E-state index in [0.29, 0.717) is 12.5 Å². The summed E-state index contributed by atoms with van der Waals surface area (Å²) < 4.78 is 39.5. The summed E-state index contributed by atoms with van der Waals surface area (Å²) >= 11 is 5.52. The number of nitrogens with zero attached hydrogens (tertiary/aromatic N) is 1. The Bertz CT molecular complexity index is 678. The van der Waals surface area contributed by atoms with Crippen molar-refractivity contribution < 1.29 is 27.8 Å². The number of sulfonamides is 1. The van der Waals surface area contributed by atoms with Gasteiger partial charge in [-0.15, -0.1) is 0 Å². The third-order valence-corrected chi connectivity index (χ3v) is 5.60. The molecule has 0 aromatic heterocycles. The van der Waals surface area contributed by atoms with E-state index in [1.165, 1.54) is 0 Å². The molecule has 116 valence electrons. The average molecular weight is 338 g/mol. The molecule has 2 N–H and O–H groups in total. The lowest BCUT2D eigenvalue weighted by molar-refractivity contribution is 0.0696. The van der Waals surface area contributed by atoms with Gasteiger partial charge in [0.2, 0.25) is 10.0 Å². The number of rotatable bonds is 4. The first-order valence-electron chi connectivity index (χ1n) is 6.10. The third-order valence-electron chi connectivity index (χ3n) is 3.38. The third kappa shape index (κ3) is 3.03. The van der Waals surface area contributed by atoms with Gasteiger partial charge in [0.15, 0.2) is 0 Å². The molecule has 1 atom stereocenters. The van der Waals surface area contributed by atoms with E-state index in [2.05, 4.69) is 0 Å². The van der Waals surface area contributed by atoms with Crippen molar-refractivity contribution in [2.45, 2.75) is 11.3 Å². The summed E-state index contributed by atoms with van der Waals surface area (Å²) in [5.41, 5.74) is -0.604. The first kappa shape index (κ1) is 16.2. The van der Waals surface area contributed by atoms with Crippen molar-refractivity contribution in [2.75, 3.05) is 19.7 Å². The number of hydrogen-bond acceptors (Lipinski definition) is 4. The molecule has 0 spiro atoms. The van der Waals surface area contributed by atoms with Crippen molar-refractivity contribution in [1.82, 2.24) is 4.31 Å². The minimum absolute atomic E-state index is 0.117. The van der Waals surface area contributed by atoms with Crippen LogP contribution in [-0.2, 0) is 10.0 Å². The summed E-state index contributed by atoms with van der Waals surface area (Å²) in [5, 5.41) is 17.3. The van der Waals surface area contributed by atoms with Crippen molar-refractivity contribution in [3.63, 3.8) is 0 Å². The Morgan fingerprint density at radius 3 is 2.67 bits per heavy atom. The Balaban J connectivity index is 2.44. The predicted molar refractivity (Wildman–Crippen MR) is 72.3 cm³/mol. The lowest BCUT2D eigenvalue weighted by Crippen LogP contribution is -2.29. The zero-order chi connectivity index (χ0) is 15.8. The molecular weight excluding hydrogens is 325 g/mol. The topological polar surface area (TPSA) is 94.9 Å². The second-order valence-electron chi connectivity index (χ2n) is 4.77. The summed E-state index contributed by atoms with van der Waals surface area (Å²) in [5.74, 6) is -2.78. The highest BCUT2D eigenvalue weighted by Crippen LogP contribution is 2.29. The summed E-state index contributed by atoms with van der Waals surface area (Å²) in [6, 6.07) is 1.55. The standard InChI is InChI=1S/C12H13ClFNO5S/c13-11-9(12(17)18)3-8(4-10(11)14)21(19,20)15-2-1-7(5-15)6-16/h3-4,7,16H,1-2,5-6H2,(H,17,18). The number of aromatic carboxylic acids is 1. The number of halogens is 2. The molecule has 1 aliphatic rings. The van der Waals surface area contributed by atoms with Crippen molar-refractivity contribution in [3.8, 4) is 0 Å². The number of aliphatic hydroxyl groups excluding tert-OH is 1. The van der Waals surface area contributed by atoms with E-state index in [1.54, 1.807) is 0 Å². The van der Waals surface area contributed by atoms with E-state index >= 15 is 0 Å². The van der Waals surface area contributed by atoms with Gasteiger partial charge in [-0.1, -0.05) is 11.6 Å². The molecule has 21 heavy (non-hydrogen) atoms. The molecule has 6 nitrogen and oxygen atoms in total. The summed E-state index contributed by atoms with van der Waals surface area (Å²) in [6.45, 7) is 0.174. The molecule has 9 heteroatoms. The lowest BCUT2D eigenvalue weighted by Gasteiger charge is -2.17. The molecule has 0 amide bonds. The van der Waals surface area contributed by atoms with E-state index in [-0.39, 0.29) is 25.6 Å². The van der Waals surface area contributed by atoms with Crippen molar-refractivity contribution >= 4 is 27.6 Å². The van der Waals surface area contributed by atoms with E-state index in [4.69, 9.17) is 21.8 Å². The number of aliphatic hydroxyl groups is 1. The Kier molecular flexibility index (Phi) is 4.52. The highest BCUT2D eigenvalue weighted by atomic mass is 35.5. The van der Waals surface area contributed by atoms with Gasteiger partial charge in [0, 0.05) is 19.7 Å². The van der Waals surface area contributed by atoms with Crippen molar-refractivity contribution in [2.24, 2.45) is 5.92 Å². The first-order chi connectivity index (χ1) is 9.77. The van der Waals surface area contributed by atoms with Gasteiger partial charge in [-0.25, -0.2) is 17.6 Å². The Hall–Kier alpha value is -1.22. The van der Waals surface area contributed by atoms with Crippen LogP contribution < -0.4 is 0 Å². The van der Waals surface area contributed by atoms with Crippen LogP contribution >= 0.6 is 11.6 Å². The molecule has 1 unspecified atom stereocenters. The van der Waals surface area contributed by atoms with E-state index in [9.17, 15) is 17.6 Å². The van der Waals surface area contributed by atoms with Gasteiger partial charge in [0.05, 0.1) is 15.5 Å². The molecule has 0 bridgehead atoms. The molecule has 0 saturated carbocycles. The monoisotopic (exact) mass is 337 g/mol. The van der Waals surface area contributed by atoms with Crippen LogP contribution in [0.15, 0.2) is 17.0 Å². The van der Waals surface area contributed by atoms with Gasteiger partial charge < -0.3 is 10.2 Å². The molecule has 2 rings (SSSR count). The summed E-state index contributed by atoms with van der Waals surface area (Å²) in [4.78, 5) is 10.5. The molecule has 1 fully saturated rings. The molecule has 0 aliphatic carbocycles.